The molecule has 1 aromatic rings. The molecule has 0 aliphatic heterocycles. The summed E-state index contributed by atoms with van der Waals surface area (Å²) < 4.78 is 24.2. The highest BCUT2D eigenvalue weighted by molar-refractivity contribution is 7.99. The fraction of sp³-hybridized carbons (Fsp3) is 0.417. The summed E-state index contributed by atoms with van der Waals surface area (Å²) in [5, 5.41) is 5.68. The maximum atomic E-state index is 12.1. The summed E-state index contributed by atoms with van der Waals surface area (Å²) in [4.78, 5) is 12.0. The number of nitrogens with one attached hydrogen (secondary N) is 2. The van der Waals surface area contributed by atoms with Crippen LogP contribution < -0.4 is 10.6 Å². The Labute approximate surface area is 109 Å². The smallest absolute Gasteiger partial charge is 0.288 e. The zero-order valence-electron chi connectivity index (χ0n) is 10.1. The molecule has 0 bridgehead atoms. The Morgan fingerprint density at radius 2 is 2.00 bits per heavy atom. The summed E-state index contributed by atoms with van der Waals surface area (Å²) in [6, 6.07) is 6.39. The third kappa shape index (κ3) is 5.97. The molecule has 1 rings (SSSR count). The molecule has 0 saturated heterocycles. The zero-order valence-corrected chi connectivity index (χ0v) is 10.9. The van der Waals surface area contributed by atoms with Gasteiger partial charge in [-0.1, -0.05) is 11.8 Å². The van der Waals surface area contributed by atoms with Crippen LogP contribution >= 0.6 is 11.8 Å². The van der Waals surface area contributed by atoms with Crippen molar-refractivity contribution in [2.45, 2.75) is 23.5 Å². The molecule has 1 aromatic carbocycles. The number of amides is 1. The molecule has 0 heterocycles. The van der Waals surface area contributed by atoms with Crippen LogP contribution in [0.15, 0.2) is 29.2 Å². The van der Waals surface area contributed by atoms with E-state index in [0.717, 1.165) is 13.0 Å². The summed E-state index contributed by atoms with van der Waals surface area (Å²) in [5.74, 6) is -2.49. The van der Waals surface area contributed by atoms with Crippen LogP contribution in [0.5, 0.6) is 0 Å². The molecule has 0 atom stereocenters. The van der Waals surface area contributed by atoms with Crippen molar-refractivity contribution >= 4 is 23.4 Å². The second-order valence-electron chi connectivity index (χ2n) is 3.66. The first-order chi connectivity index (χ1) is 8.61. The van der Waals surface area contributed by atoms with E-state index in [-0.39, 0.29) is 5.91 Å². The molecular formula is C12H16F2N2OS. The minimum atomic E-state index is -2.42. The summed E-state index contributed by atoms with van der Waals surface area (Å²) in [6.07, 6.45) is 1.20. The topological polar surface area (TPSA) is 41.1 Å². The van der Waals surface area contributed by atoms with E-state index in [2.05, 4.69) is 10.6 Å². The zero-order chi connectivity index (χ0) is 13.4. The van der Waals surface area contributed by atoms with Gasteiger partial charge in [0.15, 0.2) is 0 Å². The van der Waals surface area contributed by atoms with Crippen molar-refractivity contribution in [3.63, 3.8) is 0 Å². The Bertz CT molecular complexity index is 371. The Hall–Kier alpha value is -1.14. The Morgan fingerprint density at radius 1 is 1.33 bits per heavy atom. The molecule has 6 heteroatoms. The average Bonchev–Trinajstić information content (AvgIpc) is 2.31. The van der Waals surface area contributed by atoms with Crippen LogP contribution in [-0.2, 0) is 4.79 Å². The molecule has 18 heavy (non-hydrogen) atoms. The second-order valence-corrected chi connectivity index (χ2v) is 4.72. The monoisotopic (exact) mass is 274 g/mol. The highest BCUT2D eigenvalue weighted by Gasteiger charge is 2.06. The number of rotatable bonds is 7. The van der Waals surface area contributed by atoms with E-state index in [1.165, 1.54) is 0 Å². The van der Waals surface area contributed by atoms with Crippen LogP contribution in [0, 0.1) is 0 Å². The molecule has 3 nitrogen and oxygen atoms in total. The van der Waals surface area contributed by atoms with Gasteiger partial charge in [0, 0.05) is 17.0 Å². The molecule has 0 aliphatic carbocycles. The van der Waals surface area contributed by atoms with Crippen LogP contribution in [0.1, 0.15) is 12.8 Å². The third-order valence-electron chi connectivity index (χ3n) is 2.19. The predicted molar refractivity (Wildman–Crippen MR) is 70.1 cm³/mol. The maximum absolute atomic E-state index is 12.1. The van der Waals surface area contributed by atoms with Crippen molar-refractivity contribution in [2.75, 3.05) is 18.9 Å². The number of carbonyl (C=O) groups excluding carboxylic acids is 1. The Kier molecular flexibility index (Phi) is 6.67. The van der Waals surface area contributed by atoms with E-state index < -0.39 is 5.76 Å². The quantitative estimate of drug-likeness (QED) is 0.593. The molecule has 0 spiro atoms. The van der Waals surface area contributed by atoms with E-state index in [1.807, 2.05) is 7.05 Å². The van der Waals surface area contributed by atoms with Gasteiger partial charge in [0.05, 0.1) is 0 Å². The van der Waals surface area contributed by atoms with Gasteiger partial charge in [-0.2, -0.15) is 8.78 Å². The molecule has 0 aliphatic rings. The SMILES string of the molecule is CNCCCC(=O)Nc1ccc(SC(F)F)cc1. The number of hydrogen-bond acceptors (Lipinski definition) is 3. The number of alkyl halides is 2. The Morgan fingerprint density at radius 3 is 2.56 bits per heavy atom. The van der Waals surface area contributed by atoms with Gasteiger partial charge in [0.25, 0.3) is 5.76 Å². The Balaban J connectivity index is 2.40. The number of halogens is 2. The first-order valence-electron chi connectivity index (χ1n) is 5.61. The lowest BCUT2D eigenvalue weighted by Crippen LogP contribution is -2.15. The number of hydrogen-bond donors (Lipinski definition) is 2. The van der Waals surface area contributed by atoms with Gasteiger partial charge in [-0.25, -0.2) is 0 Å². The van der Waals surface area contributed by atoms with Crippen molar-refractivity contribution < 1.29 is 13.6 Å². The van der Waals surface area contributed by atoms with Crippen molar-refractivity contribution in [3.8, 4) is 0 Å². The third-order valence-corrected chi connectivity index (χ3v) is 2.92. The van der Waals surface area contributed by atoms with Crippen LogP contribution in [0.4, 0.5) is 14.5 Å². The standard InChI is InChI=1S/C12H16F2N2OS/c1-15-8-2-3-11(17)16-9-4-6-10(7-5-9)18-12(13)14/h4-7,12,15H,2-3,8H2,1H3,(H,16,17). The minimum absolute atomic E-state index is 0.0699. The van der Waals surface area contributed by atoms with E-state index >= 15 is 0 Å². The van der Waals surface area contributed by atoms with Crippen LogP contribution in [0.25, 0.3) is 0 Å². The number of anilines is 1. The molecule has 100 valence electrons. The van der Waals surface area contributed by atoms with Gasteiger partial charge in [-0.15, -0.1) is 0 Å². The molecule has 0 fully saturated rings. The van der Waals surface area contributed by atoms with Gasteiger partial charge in [0.2, 0.25) is 5.91 Å². The summed E-state index contributed by atoms with van der Waals surface area (Å²) in [7, 11) is 1.83. The molecule has 0 unspecified atom stereocenters. The summed E-state index contributed by atoms with van der Waals surface area (Å²) >= 11 is 0.489. The van der Waals surface area contributed by atoms with Gasteiger partial charge in [-0.05, 0) is 44.3 Å². The van der Waals surface area contributed by atoms with Gasteiger partial charge < -0.3 is 10.6 Å². The van der Waals surface area contributed by atoms with Gasteiger partial charge >= 0.3 is 0 Å². The minimum Gasteiger partial charge on any atom is -0.326 e. The first kappa shape index (κ1) is 14.9. The van der Waals surface area contributed by atoms with Crippen LogP contribution in [0.3, 0.4) is 0 Å². The lowest BCUT2D eigenvalue weighted by atomic mass is 10.2. The predicted octanol–water partition coefficient (Wildman–Crippen LogP) is 2.94. The number of thioether (sulfide) groups is 1. The normalized spacial score (nSPS) is 10.7. The molecule has 0 aromatic heterocycles. The maximum Gasteiger partial charge on any atom is 0.288 e. The van der Waals surface area contributed by atoms with Crippen LogP contribution in [0.2, 0.25) is 0 Å². The van der Waals surface area contributed by atoms with E-state index in [0.29, 0.717) is 28.8 Å². The molecular weight excluding hydrogens is 258 g/mol. The average molecular weight is 274 g/mol. The fourth-order valence-electron chi connectivity index (χ4n) is 1.37. The molecule has 2 N–H and O–H groups in total. The largest absolute Gasteiger partial charge is 0.326 e. The molecule has 1 amide bonds. The highest BCUT2D eigenvalue weighted by atomic mass is 32.2. The van der Waals surface area contributed by atoms with E-state index in [9.17, 15) is 13.6 Å². The van der Waals surface area contributed by atoms with Gasteiger partial charge in [-0.3, -0.25) is 4.79 Å². The highest BCUT2D eigenvalue weighted by Crippen LogP contribution is 2.26. The van der Waals surface area contributed by atoms with Crippen molar-refractivity contribution in [2.24, 2.45) is 0 Å². The molecule has 0 radical (unpaired) electrons. The lowest BCUT2D eigenvalue weighted by molar-refractivity contribution is -0.116. The first-order valence-corrected chi connectivity index (χ1v) is 6.49. The van der Waals surface area contributed by atoms with Gasteiger partial charge in [0.1, 0.15) is 0 Å². The van der Waals surface area contributed by atoms with Crippen LogP contribution in [-0.4, -0.2) is 25.3 Å². The van der Waals surface area contributed by atoms with Crippen molar-refractivity contribution in [1.82, 2.24) is 5.32 Å². The second kappa shape index (κ2) is 8.05. The lowest BCUT2D eigenvalue weighted by Gasteiger charge is -2.06. The number of carbonyl (C=O) groups is 1. The van der Waals surface area contributed by atoms with E-state index in [4.69, 9.17) is 0 Å². The van der Waals surface area contributed by atoms with Crippen molar-refractivity contribution in [3.05, 3.63) is 24.3 Å². The van der Waals surface area contributed by atoms with Crippen molar-refractivity contribution in [1.29, 1.82) is 0 Å². The number of benzene rings is 1. The summed E-state index contributed by atoms with van der Waals surface area (Å²) in [5.41, 5.74) is 0.628. The molecule has 0 saturated carbocycles. The van der Waals surface area contributed by atoms with E-state index in [1.54, 1.807) is 24.3 Å². The fourth-order valence-corrected chi connectivity index (χ4v) is 1.87. The summed E-state index contributed by atoms with van der Waals surface area (Å²) in [6.45, 7) is 0.789.